The number of rotatable bonds is 6. The Hall–Kier alpha value is -2.26. The van der Waals surface area contributed by atoms with Gasteiger partial charge in [-0.05, 0) is 48.7 Å². The van der Waals surface area contributed by atoms with Crippen molar-refractivity contribution in [2.45, 2.75) is 24.7 Å². The Kier molecular flexibility index (Phi) is 5.34. The number of hydrogen-bond acceptors (Lipinski definition) is 5. The summed E-state index contributed by atoms with van der Waals surface area (Å²) in [6, 6.07) is 11.3. The summed E-state index contributed by atoms with van der Waals surface area (Å²) < 4.78 is 58.8. The minimum absolute atomic E-state index is 0.0872. The van der Waals surface area contributed by atoms with Crippen molar-refractivity contribution in [3.8, 4) is 5.75 Å². The van der Waals surface area contributed by atoms with E-state index < -0.39 is 20.0 Å². The molecule has 2 aromatic carbocycles. The predicted octanol–water partition coefficient (Wildman–Crippen LogP) is 2.60. The van der Waals surface area contributed by atoms with Crippen LogP contribution < -0.4 is 13.8 Å². The second-order valence-electron chi connectivity index (χ2n) is 6.23. The van der Waals surface area contributed by atoms with Crippen LogP contribution in [0.25, 0.3) is 0 Å². The van der Waals surface area contributed by atoms with Crippen LogP contribution in [-0.4, -0.2) is 36.2 Å². The van der Waals surface area contributed by atoms with Crippen molar-refractivity contribution in [2.24, 2.45) is 0 Å². The first kappa shape index (κ1) is 19.5. The van der Waals surface area contributed by atoms with Crippen molar-refractivity contribution in [1.29, 1.82) is 0 Å². The van der Waals surface area contributed by atoms with Crippen molar-refractivity contribution in [2.75, 3.05) is 28.4 Å². The van der Waals surface area contributed by atoms with Gasteiger partial charge in [-0.2, -0.15) is 0 Å². The lowest BCUT2D eigenvalue weighted by Gasteiger charge is -2.19. The second kappa shape index (κ2) is 7.40. The summed E-state index contributed by atoms with van der Waals surface area (Å²) in [7, 11) is -5.78. The van der Waals surface area contributed by atoms with Crippen LogP contribution in [0.1, 0.15) is 18.9 Å². The van der Waals surface area contributed by atoms with Crippen LogP contribution in [0.15, 0.2) is 47.4 Å². The molecular formula is C18H22N2O5S2. The molecule has 9 heteroatoms. The smallest absolute Gasteiger partial charge is 0.262 e. The fourth-order valence-corrected chi connectivity index (χ4v) is 5.59. The maximum atomic E-state index is 12.7. The zero-order valence-corrected chi connectivity index (χ0v) is 16.8. The number of anilines is 2. The molecule has 1 aliphatic heterocycles. The lowest BCUT2D eigenvalue weighted by atomic mass is 10.2. The molecule has 1 saturated heterocycles. The van der Waals surface area contributed by atoms with Crippen LogP contribution in [0, 0.1) is 0 Å². The van der Waals surface area contributed by atoms with E-state index in [1.54, 1.807) is 36.4 Å². The van der Waals surface area contributed by atoms with Crippen LogP contribution in [0.5, 0.6) is 5.75 Å². The van der Waals surface area contributed by atoms with E-state index in [4.69, 9.17) is 4.74 Å². The maximum absolute atomic E-state index is 12.7. The van der Waals surface area contributed by atoms with Crippen LogP contribution in [0.4, 0.5) is 11.4 Å². The molecule has 0 bridgehead atoms. The first-order chi connectivity index (χ1) is 12.8. The summed E-state index contributed by atoms with van der Waals surface area (Å²) in [6.07, 6.45) is 1.35. The van der Waals surface area contributed by atoms with Gasteiger partial charge in [0.1, 0.15) is 5.75 Å². The summed E-state index contributed by atoms with van der Waals surface area (Å²) in [5.74, 6) is 0.397. The van der Waals surface area contributed by atoms with Gasteiger partial charge in [0.25, 0.3) is 10.0 Å². The van der Waals surface area contributed by atoms with Crippen LogP contribution in [0.2, 0.25) is 0 Å². The molecule has 0 atom stereocenters. The number of methoxy groups -OCH3 is 1. The van der Waals surface area contributed by atoms with Gasteiger partial charge >= 0.3 is 0 Å². The molecule has 0 unspecified atom stereocenters. The van der Waals surface area contributed by atoms with E-state index in [2.05, 4.69) is 4.72 Å². The highest BCUT2D eigenvalue weighted by Crippen LogP contribution is 2.34. The number of nitrogens with zero attached hydrogens (tertiary/aromatic N) is 1. The number of aryl methyl sites for hydroxylation is 1. The molecule has 0 aliphatic carbocycles. The fraction of sp³-hybridized carbons (Fsp3) is 0.333. The number of benzene rings is 2. The molecule has 0 spiro atoms. The summed E-state index contributed by atoms with van der Waals surface area (Å²) in [5, 5.41) is 0. The van der Waals surface area contributed by atoms with E-state index in [0.717, 1.165) is 12.0 Å². The molecule has 1 fully saturated rings. The fourth-order valence-electron chi connectivity index (χ4n) is 2.97. The molecule has 0 amide bonds. The Bertz CT molecular complexity index is 1030. The minimum Gasteiger partial charge on any atom is -0.495 e. The zero-order valence-electron chi connectivity index (χ0n) is 15.2. The van der Waals surface area contributed by atoms with E-state index in [0.29, 0.717) is 24.4 Å². The molecule has 27 heavy (non-hydrogen) atoms. The van der Waals surface area contributed by atoms with Gasteiger partial charge in [-0.1, -0.05) is 19.1 Å². The van der Waals surface area contributed by atoms with Crippen molar-refractivity contribution in [3.05, 3.63) is 48.0 Å². The average molecular weight is 411 g/mol. The lowest BCUT2D eigenvalue weighted by Crippen LogP contribution is -2.25. The average Bonchev–Trinajstić information content (AvgIpc) is 3.00. The summed E-state index contributed by atoms with van der Waals surface area (Å²) in [4.78, 5) is 0.126. The normalized spacial score (nSPS) is 16.3. The van der Waals surface area contributed by atoms with Gasteiger partial charge < -0.3 is 4.74 Å². The van der Waals surface area contributed by atoms with Crippen LogP contribution in [0.3, 0.4) is 0 Å². The molecule has 2 aromatic rings. The molecule has 0 radical (unpaired) electrons. The monoisotopic (exact) mass is 410 g/mol. The van der Waals surface area contributed by atoms with Crippen LogP contribution >= 0.6 is 0 Å². The number of nitrogens with one attached hydrogen (secondary N) is 1. The molecule has 1 heterocycles. The zero-order chi connectivity index (χ0) is 19.7. The summed E-state index contributed by atoms with van der Waals surface area (Å²) >= 11 is 0. The second-order valence-corrected chi connectivity index (χ2v) is 9.92. The lowest BCUT2D eigenvalue weighted by molar-refractivity contribution is 0.417. The quantitative estimate of drug-likeness (QED) is 0.790. The summed E-state index contributed by atoms with van der Waals surface area (Å²) in [6.45, 7) is 2.36. The van der Waals surface area contributed by atoms with E-state index in [9.17, 15) is 16.8 Å². The number of ether oxygens (including phenoxy) is 1. The van der Waals surface area contributed by atoms with E-state index in [-0.39, 0.29) is 16.3 Å². The van der Waals surface area contributed by atoms with Gasteiger partial charge in [0.2, 0.25) is 10.0 Å². The largest absolute Gasteiger partial charge is 0.495 e. The third kappa shape index (κ3) is 4.03. The summed E-state index contributed by atoms with van der Waals surface area (Å²) in [5.41, 5.74) is 1.64. The molecule has 0 aromatic heterocycles. The highest BCUT2D eigenvalue weighted by molar-refractivity contribution is 7.93. The first-order valence-corrected chi connectivity index (χ1v) is 11.7. The molecule has 146 valence electrons. The maximum Gasteiger partial charge on any atom is 0.262 e. The topological polar surface area (TPSA) is 92.8 Å². The molecular weight excluding hydrogens is 388 g/mol. The van der Waals surface area contributed by atoms with E-state index in [1.807, 2.05) is 6.92 Å². The minimum atomic E-state index is -3.84. The Balaban J connectivity index is 1.96. The third-order valence-electron chi connectivity index (χ3n) is 4.46. The van der Waals surface area contributed by atoms with Crippen LogP contribution in [-0.2, 0) is 26.5 Å². The van der Waals surface area contributed by atoms with Crippen molar-refractivity contribution < 1.29 is 21.6 Å². The molecule has 3 rings (SSSR count). The first-order valence-electron chi connectivity index (χ1n) is 8.57. The van der Waals surface area contributed by atoms with Crippen molar-refractivity contribution in [1.82, 2.24) is 0 Å². The van der Waals surface area contributed by atoms with Gasteiger partial charge in [-0.25, -0.2) is 16.8 Å². The Labute approximate surface area is 160 Å². The molecule has 1 N–H and O–H groups in total. The van der Waals surface area contributed by atoms with E-state index >= 15 is 0 Å². The molecule has 1 aliphatic rings. The Morgan fingerprint density at radius 3 is 2.41 bits per heavy atom. The number of hydrogen-bond donors (Lipinski definition) is 1. The van der Waals surface area contributed by atoms with E-state index in [1.165, 1.54) is 17.5 Å². The Morgan fingerprint density at radius 1 is 1.15 bits per heavy atom. The van der Waals surface area contributed by atoms with Gasteiger partial charge in [-0.3, -0.25) is 9.03 Å². The third-order valence-corrected chi connectivity index (χ3v) is 7.71. The molecule has 0 saturated carbocycles. The standard InChI is InChI=1S/C18H22N2O5S2/c1-3-14-5-8-16(9-6-14)27(23,24)19-17-13-15(7-10-18(17)25-2)20-11-4-12-26(20,21)22/h5-10,13,19H,3-4,11-12H2,1-2H3. The Morgan fingerprint density at radius 2 is 1.85 bits per heavy atom. The highest BCUT2D eigenvalue weighted by atomic mass is 32.2. The highest BCUT2D eigenvalue weighted by Gasteiger charge is 2.29. The van der Waals surface area contributed by atoms with Gasteiger partial charge in [-0.15, -0.1) is 0 Å². The van der Waals surface area contributed by atoms with Gasteiger partial charge in [0.15, 0.2) is 0 Å². The predicted molar refractivity (Wildman–Crippen MR) is 105 cm³/mol. The van der Waals surface area contributed by atoms with Gasteiger partial charge in [0, 0.05) is 6.54 Å². The van der Waals surface area contributed by atoms with Gasteiger partial charge in [0.05, 0.1) is 29.1 Å². The van der Waals surface area contributed by atoms with Crippen molar-refractivity contribution >= 4 is 31.4 Å². The van der Waals surface area contributed by atoms with Crippen molar-refractivity contribution in [3.63, 3.8) is 0 Å². The number of sulfonamides is 2. The SMILES string of the molecule is CCc1ccc(S(=O)(=O)Nc2cc(N3CCCS3(=O)=O)ccc2OC)cc1. The molecule has 7 nitrogen and oxygen atoms in total.